The standard InChI is InChI=1S/C26H38O3/c1-21(27)19-25(2,3)17-9-7-11-22-13-15-23(16-14-22)12-8-10-18-26(4,5)20-24(28)29-6/h7-10,13-16H,11-12,17-20H2,1-6H3/b9-7+,10-8+. The molecule has 0 amide bonds. The molecule has 0 atom stereocenters. The zero-order valence-corrected chi connectivity index (χ0v) is 19.1. The SMILES string of the molecule is COC(=O)CC(C)(C)C/C=C/Cc1ccc(C/C=C/CC(C)(C)CC(C)=O)cc1. The molecule has 0 aliphatic carbocycles. The van der Waals surface area contributed by atoms with Gasteiger partial charge in [-0.25, -0.2) is 0 Å². The number of ether oxygens (including phenoxy) is 1. The average molecular weight is 399 g/mol. The second kappa shape index (κ2) is 11.7. The first kappa shape index (κ1) is 24.9. The minimum absolute atomic E-state index is 0.0317. The third kappa shape index (κ3) is 11.4. The molecule has 0 N–H and O–H groups in total. The van der Waals surface area contributed by atoms with E-state index in [0.717, 1.165) is 25.7 Å². The number of benzene rings is 1. The van der Waals surface area contributed by atoms with Gasteiger partial charge in [0.2, 0.25) is 0 Å². The minimum Gasteiger partial charge on any atom is -0.469 e. The summed E-state index contributed by atoms with van der Waals surface area (Å²) in [6, 6.07) is 8.70. The molecule has 29 heavy (non-hydrogen) atoms. The van der Waals surface area contributed by atoms with Crippen molar-refractivity contribution in [3.05, 3.63) is 59.7 Å². The summed E-state index contributed by atoms with van der Waals surface area (Å²) in [4.78, 5) is 22.7. The number of hydrogen-bond acceptors (Lipinski definition) is 3. The van der Waals surface area contributed by atoms with Crippen LogP contribution in [0, 0.1) is 10.8 Å². The number of carbonyl (C=O) groups excluding carboxylic acids is 2. The van der Waals surface area contributed by atoms with Gasteiger partial charge in [-0.15, -0.1) is 0 Å². The lowest BCUT2D eigenvalue weighted by atomic mass is 9.84. The number of allylic oxidation sites excluding steroid dienone is 4. The summed E-state index contributed by atoms with van der Waals surface area (Å²) in [5.41, 5.74) is 2.52. The molecule has 0 heterocycles. The van der Waals surface area contributed by atoms with E-state index in [0.29, 0.717) is 12.8 Å². The second-order valence-electron chi connectivity index (χ2n) is 9.54. The Hall–Kier alpha value is -2.16. The molecule has 0 saturated heterocycles. The largest absolute Gasteiger partial charge is 0.469 e. The molecule has 1 rings (SSSR count). The first-order valence-corrected chi connectivity index (χ1v) is 10.5. The van der Waals surface area contributed by atoms with E-state index < -0.39 is 0 Å². The summed E-state index contributed by atoms with van der Waals surface area (Å²) in [5, 5.41) is 0. The molecule has 0 bridgehead atoms. The molecular formula is C26H38O3. The van der Waals surface area contributed by atoms with Crippen LogP contribution in [0.3, 0.4) is 0 Å². The van der Waals surface area contributed by atoms with Crippen molar-refractivity contribution in [2.24, 2.45) is 10.8 Å². The van der Waals surface area contributed by atoms with Gasteiger partial charge in [-0.3, -0.25) is 4.79 Å². The van der Waals surface area contributed by atoms with Crippen LogP contribution in [0.4, 0.5) is 0 Å². The second-order valence-corrected chi connectivity index (χ2v) is 9.54. The number of ketones is 1. The molecule has 0 aliphatic rings. The van der Waals surface area contributed by atoms with Gasteiger partial charge in [0.15, 0.2) is 0 Å². The van der Waals surface area contributed by atoms with E-state index >= 15 is 0 Å². The number of rotatable bonds is 12. The summed E-state index contributed by atoms with van der Waals surface area (Å²) in [7, 11) is 1.43. The smallest absolute Gasteiger partial charge is 0.306 e. The van der Waals surface area contributed by atoms with Crippen molar-refractivity contribution in [3.8, 4) is 0 Å². The molecule has 0 radical (unpaired) electrons. The molecule has 0 saturated carbocycles. The van der Waals surface area contributed by atoms with E-state index in [-0.39, 0.29) is 22.6 Å². The first-order valence-electron chi connectivity index (χ1n) is 10.5. The van der Waals surface area contributed by atoms with Gasteiger partial charge >= 0.3 is 5.97 Å². The molecule has 0 unspecified atom stereocenters. The van der Waals surface area contributed by atoms with Crippen molar-refractivity contribution in [2.75, 3.05) is 7.11 Å². The Morgan fingerprint density at radius 3 is 1.59 bits per heavy atom. The van der Waals surface area contributed by atoms with Crippen LogP contribution in [-0.2, 0) is 27.2 Å². The van der Waals surface area contributed by atoms with Gasteiger partial charge in [-0.2, -0.15) is 0 Å². The van der Waals surface area contributed by atoms with E-state index in [1.54, 1.807) is 6.92 Å². The van der Waals surface area contributed by atoms with Gasteiger partial charge in [0.1, 0.15) is 5.78 Å². The van der Waals surface area contributed by atoms with Crippen molar-refractivity contribution in [2.45, 2.75) is 73.1 Å². The van der Waals surface area contributed by atoms with Crippen LogP contribution in [0.15, 0.2) is 48.6 Å². The highest BCUT2D eigenvalue weighted by atomic mass is 16.5. The highest BCUT2D eigenvalue weighted by molar-refractivity contribution is 5.76. The van der Waals surface area contributed by atoms with Crippen LogP contribution in [0.25, 0.3) is 0 Å². The van der Waals surface area contributed by atoms with Crippen molar-refractivity contribution in [1.82, 2.24) is 0 Å². The zero-order chi connectivity index (χ0) is 21.9. The first-order chi connectivity index (χ1) is 13.5. The Morgan fingerprint density at radius 1 is 0.793 bits per heavy atom. The number of esters is 1. The summed E-state index contributed by atoms with van der Waals surface area (Å²) in [6.45, 7) is 10.1. The zero-order valence-electron chi connectivity index (χ0n) is 19.1. The number of methoxy groups -OCH3 is 1. The number of hydrogen-bond donors (Lipinski definition) is 0. The summed E-state index contributed by atoms with van der Waals surface area (Å²) in [6.07, 6.45) is 13.3. The van der Waals surface area contributed by atoms with Gasteiger partial charge in [-0.05, 0) is 54.6 Å². The van der Waals surface area contributed by atoms with Gasteiger partial charge in [-0.1, -0.05) is 76.3 Å². The fraction of sp³-hybridized carbons (Fsp3) is 0.538. The lowest BCUT2D eigenvalue weighted by molar-refractivity contribution is -0.142. The Morgan fingerprint density at radius 2 is 1.21 bits per heavy atom. The average Bonchev–Trinajstić information content (AvgIpc) is 2.62. The van der Waals surface area contributed by atoms with Crippen molar-refractivity contribution < 1.29 is 14.3 Å². The topological polar surface area (TPSA) is 43.4 Å². The van der Waals surface area contributed by atoms with E-state index in [9.17, 15) is 9.59 Å². The number of Topliss-reactive ketones (excluding diaryl/α,β-unsaturated/α-hetero) is 1. The molecule has 0 spiro atoms. The van der Waals surface area contributed by atoms with E-state index in [4.69, 9.17) is 4.74 Å². The minimum atomic E-state index is -0.157. The van der Waals surface area contributed by atoms with E-state index in [1.165, 1.54) is 18.2 Å². The van der Waals surface area contributed by atoms with Crippen LogP contribution in [0.2, 0.25) is 0 Å². The highest BCUT2D eigenvalue weighted by Crippen LogP contribution is 2.26. The maximum Gasteiger partial charge on any atom is 0.306 e. The molecule has 0 aromatic heterocycles. The van der Waals surface area contributed by atoms with Crippen LogP contribution in [0.5, 0.6) is 0 Å². The van der Waals surface area contributed by atoms with E-state index in [1.807, 2.05) is 0 Å². The molecule has 160 valence electrons. The lowest BCUT2D eigenvalue weighted by Gasteiger charge is -2.20. The van der Waals surface area contributed by atoms with Crippen molar-refractivity contribution in [3.63, 3.8) is 0 Å². The van der Waals surface area contributed by atoms with Gasteiger partial charge in [0.25, 0.3) is 0 Å². The van der Waals surface area contributed by atoms with Crippen LogP contribution >= 0.6 is 0 Å². The summed E-state index contributed by atoms with van der Waals surface area (Å²) in [5.74, 6) is 0.0931. The fourth-order valence-corrected chi connectivity index (χ4v) is 3.34. The maximum absolute atomic E-state index is 11.4. The van der Waals surface area contributed by atoms with Gasteiger partial charge < -0.3 is 9.53 Å². The quantitative estimate of drug-likeness (QED) is 0.308. The predicted molar refractivity (Wildman–Crippen MR) is 121 cm³/mol. The Labute approximate surface area is 177 Å². The molecule has 1 aromatic carbocycles. The Kier molecular flexibility index (Phi) is 10.1. The van der Waals surface area contributed by atoms with Gasteiger partial charge in [0, 0.05) is 6.42 Å². The predicted octanol–water partition coefficient (Wildman–Crippen LogP) is 6.26. The monoisotopic (exact) mass is 398 g/mol. The Balaban J connectivity index is 2.43. The molecule has 1 aromatic rings. The molecule has 0 fully saturated rings. The van der Waals surface area contributed by atoms with Crippen molar-refractivity contribution in [1.29, 1.82) is 0 Å². The van der Waals surface area contributed by atoms with Crippen LogP contribution in [-0.4, -0.2) is 18.9 Å². The molecular weight excluding hydrogens is 360 g/mol. The van der Waals surface area contributed by atoms with Crippen LogP contribution in [0.1, 0.15) is 71.4 Å². The van der Waals surface area contributed by atoms with Crippen LogP contribution < -0.4 is 0 Å². The third-order valence-electron chi connectivity index (χ3n) is 4.98. The molecule has 3 heteroatoms. The van der Waals surface area contributed by atoms with Crippen molar-refractivity contribution >= 4 is 11.8 Å². The summed E-state index contributed by atoms with van der Waals surface area (Å²) < 4.78 is 4.76. The Bertz CT molecular complexity index is 706. The normalized spacial score (nSPS) is 12.6. The molecule has 0 aliphatic heterocycles. The number of carbonyl (C=O) groups is 2. The van der Waals surface area contributed by atoms with Gasteiger partial charge in [0.05, 0.1) is 13.5 Å². The third-order valence-corrected chi connectivity index (χ3v) is 4.98. The van der Waals surface area contributed by atoms with E-state index in [2.05, 4.69) is 76.3 Å². The highest BCUT2D eigenvalue weighted by Gasteiger charge is 2.21. The summed E-state index contributed by atoms with van der Waals surface area (Å²) >= 11 is 0. The maximum atomic E-state index is 11.4. The fourth-order valence-electron chi connectivity index (χ4n) is 3.34. The molecule has 3 nitrogen and oxygen atoms in total. The lowest BCUT2D eigenvalue weighted by Crippen LogP contribution is -2.17.